The number of benzene rings is 2. The van der Waals surface area contributed by atoms with E-state index in [1.54, 1.807) is 42.5 Å². The van der Waals surface area contributed by atoms with Crippen LogP contribution in [0.25, 0.3) is 10.9 Å². The molecule has 3 aromatic rings. The zero-order chi connectivity index (χ0) is 18.7. The average molecular weight is 371 g/mol. The highest BCUT2D eigenvalue weighted by Gasteiger charge is 2.13. The molecule has 0 unspecified atom stereocenters. The highest BCUT2D eigenvalue weighted by molar-refractivity contribution is 6.31. The summed E-state index contributed by atoms with van der Waals surface area (Å²) in [6.07, 6.45) is 0. The van der Waals surface area contributed by atoms with Crippen molar-refractivity contribution >= 4 is 40.1 Å². The molecule has 0 atom stereocenters. The highest BCUT2D eigenvalue weighted by Crippen LogP contribution is 2.19. The summed E-state index contributed by atoms with van der Waals surface area (Å²) in [6.45, 7) is 1.36. The van der Waals surface area contributed by atoms with Gasteiger partial charge < -0.3 is 15.0 Å². The fraction of sp³-hybridized carbons (Fsp3) is 0.105. The summed E-state index contributed by atoms with van der Waals surface area (Å²) >= 11 is 6.00. The number of esters is 1. The average Bonchev–Trinajstić information content (AvgIpc) is 2.63. The minimum Gasteiger partial charge on any atom is -0.451 e. The van der Waals surface area contributed by atoms with Gasteiger partial charge in [-0.05, 0) is 36.8 Å². The van der Waals surface area contributed by atoms with E-state index < -0.39 is 18.5 Å². The van der Waals surface area contributed by atoms with Crippen molar-refractivity contribution < 1.29 is 14.3 Å². The molecule has 6 nitrogen and oxygen atoms in total. The molecule has 2 N–H and O–H groups in total. The van der Waals surface area contributed by atoms with E-state index >= 15 is 0 Å². The van der Waals surface area contributed by atoms with Crippen LogP contribution in [0.4, 0.5) is 5.69 Å². The van der Waals surface area contributed by atoms with Gasteiger partial charge in [-0.3, -0.25) is 9.59 Å². The van der Waals surface area contributed by atoms with E-state index in [1.807, 2.05) is 6.92 Å². The maximum absolute atomic E-state index is 12.1. The molecule has 1 heterocycles. The molecule has 0 aliphatic heterocycles. The largest absolute Gasteiger partial charge is 0.451 e. The van der Waals surface area contributed by atoms with Crippen molar-refractivity contribution in [3.63, 3.8) is 0 Å². The Morgan fingerprint density at radius 1 is 1.15 bits per heavy atom. The van der Waals surface area contributed by atoms with E-state index in [9.17, 15) is 14.4 Å². The first-order valence-electron chi connectivity index (χ1n) is 7.79. The Morgan fingerprint density at radius 2 is 1.92 bits per heavy atom. The van der Waals surface area contributed by atoms with Crippen LogP contribution in [-0.2, 0) is 9.53 Å². The maximum atomic E-state index is 12.1. The first-order chi connectivity index (χ1) is 12.4. The Labute approximate surface area is 153 Å². The van der Waals surface area contributed by atoms with Crippen LogP contribution in [0.15, 0.2) is 53.3 Å². The molecule has 0 fully saturated rings. The van der Waals surface area contributed by atoms with Gasteiger partial charge in [-0.25, -0.2) is 4.79 Å². The fourth-order valence-corrected chi connectivity index (χ4v) is 2.56. The quantitative estimate of drug-likeness (QED) is 0.690. The van der Waals surface area contributed by atoms with Crippen LogP contribution in [0, 0.1) is 6.92 Å². The molecule has 26 heavy (non-hydrogen) atoms. The Kier molecular flexibility index (Phi) is 5.04. The fourth-order valence-electron chi connectivity index (χ4n) is 2.38. The monoisotopic (exact) mass is 370 g/mol. The summed E-state index contributed by atoms with van der Waals surface area (Å²) in [7, 11) is 0. The van der Waals surface area contributed by atoms with Gasteiger partial charge in [-0.2, -0.15) is 0 Å². The number of pyridine rings is 1. The second-order valence-corrected chi connectivity index (χ2v) is 6.09. The number of carbonyl (C=O) groups is 2. The molecule has 2 aromatic carbocycles. The number of anilines is 1. The number of amides is 1. The number of aromatic amines is 1. The number of para-hydroxylation sites is 1. The van der Waals surface area contributed by atoms with Crippen molar-refractivity contribution in [2.24, 2.45) is 0 Å². The number of hydrogen-bond acceptors (Lipinski definition) is 4. The molecule has 0 aliphatic carbocycles. The zero-order valence-electron chi connectivity index (χ0n) is 13.8. The van der Waals surface area contributed by atoms with Crippen molar-refractivity contribution in [3.05, 3.63) is 75.0 Å². The number of fused-ring (bicyclic) bond motifs is 1. The van der Waals surface area contributed by atoms with Crippen LogP contribution in [0.3, 0.4) is 0 Å². The number of rotatable bonds is 4. The molecule has 1 aromatic heterocycles. The van der Waals surface area contributed by atoms with E-state index in [-0.39, 0.29) is 11.1 Å². The van der Waals surface area contributed by atoms with Crippen LogP contribution in [-0.4, -0.2) is 23.5 Å². The molecular formula is C19H15ClN2O4. The lowest BCUT2D eigenvalue weighted by molar-refractivity contribution is -0.119. The van der Waals surface area contributed by atoms with Crippen molar-refractivity contribution in [3.8, 4) is 0 Å². The Hall–Kier alpha value is -3.12. The van der Waals surface area contributed by atoms with E-state index in [0.29, 0.717) is 21.6 Å². The molecule has 132 valence electrons. The Balaban J connectivity index is 1.65. The van der Waals surface area contributed by atoms with Gasteiger partial charge in [0.25, 0.3) is 5.91 Å². The number of H-pyrrole nitrogens is 1. The summed E-state index contributed by atoms with van der Waals surface area (Å²) in [5, 5.41) is 3.58. The topological polar surface area (TPSA) is 88.3 Å². The number of aryl methyl sites for hydroxylation is 1. The zero-order valence-corrected chi connectivity index (χ0v) is 14.6. The molecule has 0 bridgehead atoms. The normalized spacial score (nSPS) is 10.5. The van der Waals surface area contributed by atoms with Gasteiger partial charge in [0.2, 0.25) is 0 Å². The van der Waals surface area contributed by atoms with Crippen LogP contribution in [0.5, 0.6) is 0 Å². The number of halogens is 1. The lowest BCUT2D eigenvalue weighted by Crippen LogP contribution is -2.22. The van der Waals surface area contributed by atoms with Crippen molar-refractivity contribution in [2.75, 3.05) is 11.9 Å². The van der Waals surface area contributed by atoms with Gasteiger partial charge in [-0.15, -0.1) is 0 Å². The second kappa shape index (κ2) is 7.41. The van der Waals surface area contributed by atoms with Gasteiger partial charge in [0.15, 0.2) is 12.0 Å². The third kappa shape index (κ3) is 3.92. The third-order valence-electron chi connectivity index (χ3n) is 3.75. The first-order valence-corrected chi connectivity index (χ1v) is 8.17. The van der Waals surface area contributed by atoms with E-state index in [0.717, 1.165) is 11.6 Å². The molecular weight excluding hydrogens is 356 g/mol. The number of carbonyl (C=O) groups excluding carboxylic acids is 2. The van der Waals surface area contributed by atoms with Gasteiger partial charge in [0.1, 0.15) is 5.69 Å². The minimum absolute atomic E-state index is 0.0140. The highest BCUT2D eigenvalue weighted by atomic mass is 35.5. The van der Waals surface area contributed by atoms with E-state index in [1.165, 1.54) is 0 Å². The van der Waals surface area contributed by atoms with Crippen molar-refractivity contribution in [2.45, 2.75) is 6.92 Å². The van der Waals surface area contributed by atoms with Gasteiger partial charge in [-0.1, -0.05) is 29.8 Å². The first kappa shape index (κ1) is 17.7. The van der Waals surface area contributed by atoms with Crippen molar-refractivity contribution in [1.82, 2.24) is 4.98 Å². The molecule has 0 aliphatic rings. The molecule has 0 saturated carbocycles. The summed E-state index contributed by atoms with van der Waals surface area (Å²) in [5.74, 6) is -1.30. The number of ether oxygens (including phenoxy) is 1. The molecule has 3 rings (SSSR count). The summed E-state index contributed by atoms with van der Waals surface area (Å²) in [4.78, 5) is 38.9. The lowest BCUT2D eigenvalue weighted by atomic mass is 10.2. The summed E-state index contributed by atoms with van der Waals surface area (Å²) in [5.41, 5.74) is 1.59. The molecule has 1 amide bonds. The Bertz CT molecular complexity index is 1060. The van der Waals surface area contributed by atoms with E-state index in [4.69, 9.17) is 16.3 Å². The SMILES string of the molecule is Cc1ccc(NC(=O)COC(=O)c2cc(=O)c3ccccc3[nH]2)cc1Cl. The number of hydrogen-bond donors (Lipinski definition) is 2. The Morgan fingerprint density at radius 3 is 2.69 bits per heavy atom. The second-order valence-electron chi connectivity index (χ2n) is 5.68. The standard InChI is InChI=1S/C19H15ClN2O4/c1-11-6-7-12(8-14(11)20)21-18(24)10-26-19(25)16-9-17(23)13-4-2-3-5-15(13)22-16/h2-9H,10H2,1H3,(H,21,24)(H,22,23). The number of nitrogens with one attached hydrogen (secondary N) is 2. The summed E-state index contributed by atoms with van der Waals surface area (Å²) < 4.78 is 4.97. The molecule has 7 heteroatoms. The summed E-state index contributed by atoms with van der Waals surface area (Å²) in [6, 6.07) is 13.0. The van der Waals surface area contributed by atoms with Gasteiger partial charge in [0.05, 0.1) is 0 Å². The minimum atomic E-state index is -0.787. The van der Waals surface area contributed by atoms with Crippen LogP contribution in [0.2, 0.25) is 5.02 Å². The number of aromatic nitrogens is 1. The molecule has 0 radical (unpaired) electrons. The smallest absolute Gasteiger partial charge is 0.355 e. The van der Waals surface area contributed by atoms with Gasteiger partial charge >= 0.3 is 5.97 Å². The lowest BCUT2D eigenvalue weighted by Gasteiger charge is -2.08. The van der Waals surface area contributed by atoms with Gasteiger partial charge in [0, 0.05) is 27.7 Å². The predicted molar refractivity (Wildman–Crippen MR) is 99.7 cm³/mol. The van der Waals surface area contributed by atoms with Crippen molar-refractivity contribution in [1.29, 1.82) is 0 Å². The van der Waals surface area contributed by atoms with Crippen LogP contribution >= 0.6 is 11.6 Å². The molecule has 0 saturated heterocycles. The maximum Gasteiger partial charge on any atom is 0.355 e. The molecule has 0 spiro atoms. The van der Waals surface area contributed by atoms with E-state index in [2.05, 4.69) is 10.3 Å². The van der Waals surface area contributed by atoms with Crippen LogP contribution < -0.4 is 10.7 Å². The van der Waals surface area contributed by atoms with Crippen LogP contribution in [0.1, 0.15) is 16.1 Å². The predicted octanol–water partition coefficient (Wildman–Crippen LogP) is 3.29. The third-order valence-corrected chi connectivity index (χ3v) is 4.15.